The van der Waals surface area contributed by atoms with Crippen LogP contribution in [0, 0.1) is 11.8 Å². The third-order valence-corrected chi connectivity index (χ3v) is 5.51. The average Bonchev–Trinajstić information content (AvgIpc) is 3.14. The molecule has 0 radical (unpaired) electrons. The zero-order chi connectivity index (χ0) is 20.2. The van der Waals surface area contributed by atoms with Crippen LogP contribution in [0.1, 0.15) is 22.6 Å². The number of carbonyl (C=O) groups excluding carboxylic acids is 1. The number of fused-ring (bicyclic) bond motifs is 1. The lowest BCUT2D eigenvalue weighted by Crippen LogP contribution is -2.31. The van der Waals surface area contributed by atoms with Crippen molar-refractivity contribution in [2.45, 2.75) is 12.6 Å². The lowest BCUT2D eigenvalue weighted by Gasteiger charge is -2.15. The molecule has 3 aromatic rings. The van der Waals surface area contributed by atoms with Crippen molar-refractivity contribution in [2.24, 2.45) is 11.8 Å². The highest BCUT2D eigenvalue weighted by Crippen LogP contribution is 2.45. The molecule has 0 N–H and O–H groups in total. The van der Waals surface area contributed by atoms with E-state index in [4.69, 9.17) is 0 Å². The van der Waals surface area contributed by atoms with E-state index in [9.17, 15) is 18.0 Å². The largest absolute Gasteiger partial charge is 0.416 e. The summed E-state index contributed by atoms with van der Waals surface area (Å²) in [5, 5.41) is 4.31. The van der Waals surface area contributed by atoms with E-state index < -0.39 is 11.7 Å². The maximum absolute atomic E-state index is 13.2. The van der Waals surface area contributed by atoms with Gasteiger partial charge in [-0.2, -0.15) is 13.2 Å². The summed E-state index contributed by atoms with van der Waals surface area (Å²) in [5.74, 6) is 1.19. The Morgan fingerprint density at radius 2 is 1.72 bits per heavy atom. The molecule has 1 saturated heterocycles. The Bertz CT molecular complexity index is 1070. The lowest BCUT2D eigenvalue weighted by molar-refractivity contribution is -0.137. The number of likely N-dealkylation sites (tertiary alicyclic amines) is 1. The number of aromatic nitrogens is 3. The van der Waals surface area contributed by atoms with E-state index in [0.717, 1.165) is 18.6 Å². The molecular formula is C21H17F3N4O. The van der Waals surface area contributed by atoms with Crippen molar-refractivity contribution in [3.8, 4) is 17.1 Å². The van der Waals surface area contributed by atoms with Gasteiger partial charge in [0, 0.05) is 18.7 Å². The first-order chi connectivity index (χ1) is 13.9. The van der Waals surface area contributed by atoms with E-state index in [-0.39, 0.29) is 17.4 Å². The van der Waals surface area contributed by atoms with Gasteiger partial charge < -0.3 is 4.90 Å². The molecular weight excluding hydrogens is 381 g/mol. The number of alkyl halides is 3. The third kappa shape index (κ3) is 3.28. The van der Waals surface area contributed by atoms with Gasteiger partial charge in [0.25, 0.3) is 5.91 Å². The Morgan fingerprint density at radius 3 is 2.41 bits per heavy atom. The molecule has 8 heteroatoms. The van der Waals surface area contributed by atoms with Crippen LogP contribution in [0.2, 0.25) is 0 Å². The highest BCUT2D eigenvalue weighted by atomic mass is 19.4. The molecule has 0 spiro atoms. The normalized spacial score (nSPS) is 20.6. The highest BCUT2D eigenvalue weighted by molar-refractivity contribution is 5.91. The predicted molar refractivity (Wildman–Crippen MR) is 99.3 cm³/mol. The van der Waals surface area contributed by atoms with Crippen molar-refractivity contribution in [1.82, 2.24) is 19.7 Å². The second kappa shape index (κ2) is 6.43. The minimum Gasteiger partial charge on any atom is -0.335 e. The van der Waals surface area contributed by atoms with Crippen LogP contribution >= 0.6 is 0 Å². The van der Waals surface area contributed by atoms with Gasteiger partial charge in [-0.3, -0.25) is 4.79 Å². The molecule has 1 amide bonds. The van der Waals surface area contributed by atoms with Crippen LogP contribution < -0.4 is 0 Å². The summed E-state index contributed by atoms with van der Waals surface area (Å²) in [7, 11) is 0. The molecule has 1 aliphatic carbocycles. The predicted octanol–water partition coefficient (Wildman–Crippen LogP) is 4.05. The van der Waals surface area contributed by atoms with E-state index in [1.165, 1.54) is 16.8 Å². The van der Waals surface area contributed by atoms with Crippen LogP contribution in [0.4, 0.5) is 13.2 Å². The Labute approximate surface area is 164 Å². The zero-order valence-electron chi connectivity index (χ0n) is 15.3. The van der Waals surface area contributed by atoms with E-state index in [2.05, 4.69) is 10.1 Å². The second-order valence-corrected chi connectivity index (χ2v) is 7.55. The Hall–Kier alpha value is -3.16. The standard InChI is InChI=1S/C21H17F3N4O/c22-21(23,24)16-7-4-8-17(10-16)28-19(13-5-2-1-3-6-13)25-18(26-28)20(29)27-11-14-9-15(14)12-27/h1-8,10,14-15H,9,11-12H2. The smallest absolute Gasteiger partial charge is 0.335 e. The van der Waals surface area contributed by atoms with Gasteiger partial charge in [0.2, 0.25) is 5.82 Å². The Morgan fingerprint density at radius 1 is 1.00 bits per heavy atom. The van der Waals surface area contributed by atoms with Gasteiger partial charge in [0.05, 0.1) is 11.3 Å². The van der Waals surface area contributed by atoms with Gasteiger partial charge in [0.15, 0.2) is 5.82 Å². The number of hydrogen-bond donors (Lipinski definition) is 0. The number of benzene rings is 2. The molecule has 29 heavy (non-hydrogen) atoms. The molecule has 5 rings (SSSR count). The van der Waals surface area contributed by atoms with E-state index in [1.807, 2.05) is 6.07 Å². The van der Waals surface area contributed by atoms with Gasteiger partial charge in [-0.15, -0.1) is 5.10 Å². The van der Waals surface area contributed by atoms with Crippen molar-refractivity contribution in [1.29, 1.82) is 0 Å². The molecule has 1 aliphatic heterocycles. The average molecular weight is 398 g/mol. The van der Waals surface area contributed by atoms with Crippen LogP contribution in [0.5, 0.6) is 0 Å². The van der Waals surface area contributed by atoms with Crippen molar-refractivity contribution in [3.63, 3.8) is 0 Å². The quantitative estimate of drug-likeness (QED) is 0.669. The van der Waals surface area contributed by atoms with E-state index >= 15 is 0 Å². The molecule has 2 aromatic carbocycles. The lowest BCUT2D eigenvalue weighted by atomic mass is 10.2. The molecule has 1 aromatic heterocycles. The van der Waals surface area contributed by atoms with Crippen molar-refractivity contribution in [2.75, 3.05) is 13.1 Å². The van der Waals surface area contributed by atoms with Gasteiger partial charge in [-0.25, -0.2) is 9.67 Å². The zero-order valence-corrected chi connectivity index (χ0v) is 15.3. The molecule has 1 saturated carbocycles. The van der Waals surface area contributed by atoms with Gasteiger partial charge in [0.1, 0.15) is 0 Å². The molecule has 2 unspecified atom stereocenters. The topological polar surface area (TPSA) is 51.0 Å². The Kier molecular flexibility index (Phi) is 3.97. The third-order valence-electron chi connectivity index (χ3n) is 5.51. The minimum absolute atomic E-state index is 0.00237. The first kappa shape index (κ1) is 17.9. The number of hydrogen-bond acceptors (Lipinski definition) is 3. The van der Waals surface area contributed by atoms with Gasteiger partial charge >= 0.3 is 6.18 Å². The summed E-state index contributed by atoms with van der Waals surface area (Å²) < 4.78 is 40.9. The summed E-state index contributed by atoms with van der Waals surface area (Å²) in [4.78, 5) is 19.0. The summed E-state index contributed by atoms with van der Waals surface area (Å²) in [5.41, 5.74) is 0.0900. The van der Waals surface area contributed by atoms with Crippen LogP contribution in [0.3, 0.4) is 0 Å². The maximum atomic E-state index is 13.2. The van der Waals surface area contributed by atoms with Gasteiger partial charge in [-0.05, 0) is 36.5 Å². The van der Waals surface area contributed by atoms with Crippen molar-refractivity contribution in [3.05, 3.63) is 66.0 Å². The summed E-state index contributed by atoms with van der Waals surface area (Å²) >= 11 is 0. The van der Waals surface area contributed by atoms with Crippen LogP contribution in [-0.2, 0) is 6.18 Å². The molecule has 2 atom stereocenters. The number of rotatable bonds is 3. The first-order valence-electron chi connectivity index (χ1n) is 9.39. The van der Waals surface area contributed by atoms with Crippen LogP contribution in [-0.4, -0.2) is 38.7 Å². The number of amides is 1. The number of halogens is 3. The molecule has 148 valence electrons. The SMILES string of the molecule is O=C(c1nc(-c2ccccc2)n(-c2cccc(C(F)(F)F)c2)n1)N1CC2CC2C1. The minimum atomic E-state index is -4.47. The molecule has 5 nitrogen and oxygen atoms in total. The van der Waals surface area contributed by atoms with E-state index in [1.54, 1.807) is 29.2 Å². The van der Waals surface area contributed by atoms with Crippen LogP contribution in [0.15, 0.2) is 54.6 Å². The van der Waals surface area contributed by atoms with Crippen LogP contribution in [0.25, 0.3) is 17.1 Å². The first-order valence-corrected chi connectivity index (χ1v) is 9.39. The molecule has 2 aliphatic rings. The number of nitrogens with zero attached hydrogens (tertiary/aromatic N) is 4. The Balaban J connectivity index is 1.58. The van der Waals surface area contributed by atoms with E-state index in [0.29, 0.717) is 36.3 Å². The fourth-order valence-corrected chi connectivity index (χ4v) is 3.88. The molecule has 0 bridgehead atoms. The second-order valence-electron chi connectivity index (χ2n) is 7.55. The fourth-order valence-electron chi connectivity index (χ4n) is 3.88. The summed E-state index contributed by atoms with van der Waals surface area (Å²) in [6.45, 7) is 1.39. The fraction of sp³-hybridized carbons (Fsp3) is 0.286. The monoisotopic (exact) mass is 398 g/mol. The number of piperidine rings is 1. The van der Waals surface area contributed by atoms with Crippen molar-refractivity contribution >= 4 is 5.91 Å². The maximum Gasteiger partial charge on any atom is 0.416 e. The molecule has 2 heterocycles. The molecule has 2 fully saturated rings. The summed E-state index contributed by atoms with van der Waals surface area (Å²) in [6.07, 6.45) is -3.32. The van der Waals surface area contributed by atoms with Gasteiger partial charge in [-0.1, -0.05) is 36.4 Å². The summed E-state index contributed by atoms with van der Waals surface area (Å²) in [6, 6.07) is 13.9. The number of carbonyl (C=O) groups is 1. The highest BCUT2D eigenvalue weighted by Gasteiger charge is 2.47. The van der Waals surface area contributed by atoms with Crippen molar-refractivity contribution < 1.29 is 18.0 Å².